The first kappa shape index (κ1) is 15.6. The summed E-state index contributed by atoms with van der Waals surface area (Å²) in [6.07, 6.45) is 0. The Balaban J connectivity index is 1.74. The topological polar surface area (TPSA) is 29.5 Å². The van der Waals surface area contributed by atoms with E-state index in [0.29, 0.717) is 4.39 Å². The summed E-state index contributed by atoms with van der Waals surface area (Å²) in [5.41, 5.74) is 3.54. The number of fused-ring (bicyclic) bond motifs is 3. The van der Waals surface area contributed by atoms with E-state index in [1.807, 2.05) is 18.2 Å². The molecule has 1 heterocycles. The summed E-state index contributed by atoms with van der Waals surface area (Å²) in [6, 6.07) is 27.5. The van der Waals surface area contributed by atoms with Gasteiger partial charge in [0.2, 0.25) is 0 Å². The fourth-order valence-electron chi connectivity index (χ4n) is 4.46. The van der Waals surface area contributed by atoms with Gasteiger partial charge in [-0.25, -0.2) is 4.81 Å². The molecular formula is C22H19BNO2+. The number of hydrogen-bond acceptors (Lipinski definition) is 2. The lowest BCUT2D eigenvalue weighted by molar-refractivity contribution is -0.151. The largest absolute Gasteiger partial charge is 0.649 e. The second-order valence-electron chi connectivity index (χ2n) is 7.24. The molecule has 3 nitrogen and oxygen atoms in total. The van der Waals surface area contributed by atoms with Crippen molar-refractivity contribution in [1.29, 1.82) is 0 Å². The summed E-state index contributed by atoms with van der Waals surface area (Å²) < 4.78 is 0.532. The van der Waals surface area contributed by atoms with Crippen LogP contribution in [0.25, 0.3) is 21.5 Å². The molecule has 1 unspecified atom stereocenters. The molecule has 5 rings (SSSR count). The van der Waals surface area contributed by atoms with Crippen molar-refractivity contribution in [2.45, 2.75) is 6.54 Å². The zero-order chi connectivity index (χ0) is 17.7. The van der Waals surface area contributed by atoms with Crippen molar-refractivity contribution >= 4 is 39.7 Å². The van der Waals surface area contributed by atoms with Crippen molar-refractivity contribution in [1.82, 2.24) is 4.39 Å². The average Bonchev–Trinajstić information content (AvgIpc) is 2.68. The maximum absolute atomic E-state index is 9.56. The monoisotopic (exact) mass is 340 g/mol. The van der Waals surface area contributed by atoms with Gasteiger partial charge in [-0.1, -0.05) is 66.7 Å². The van der Waals surface area contributed by atoms with Gasteiger partial charge >= 0.3 is 7.05 Å². The predicted octanol–water partition coefficient (Wildman–Crippen LogP) is 4.33. The van der Waals surface area contributed by atoms with Crippen LogP contribution in [-0.2, 0) is 11.3 Å². The van der Waals surface area contributed by atoms with Gasteiger partial charge in [-0.3, -0.25) is 5.26 Å². The molecule has 126 valence electrons. The summed E-state index contributed by atoms with van der Waals surface area (Å²) >= 11 is 0. The van der Waals surface area contributed by atoms with Gasteiger partial charge in [0, 0.05) is 5.56 Å². The molecule has 1 atom stereocenters. The number of rotatable bonds is 3. The third-order valence-electron chi connectivity index (χ3n) is 5.74. The maximum Gasteiger partial charge on any atom is 0.649 e. The van der Waals surface area contributed by atoms with E-state index < -0.39 is 0 Å². The second kappa shape index (κ2) is 5.68. The summed E-state index contributed by atoms with van der Waals surface area (Å²) in [7, 11) is 1.77. The van der Waals surface area contributed by atoms with E-state index in [1.165, 1.54) is 32.8 Å². The molecule has 0 aromatic heterocycles. The minimum Gasteiger partial charge on any atom is -0.326 e. The molecule has 4 aromatic rings. The van der Waals surface area contributed by atoms with E-state index in [4.69, 9.17) is 4.81 Å². The summed E-state index contributed by atoms with van der Waals surface area (Å²) in [5, 5.41) is 14.5. The van der Waals surface area contributed by atoms with Gasteiger partial charge in [-0.15, -0.1) is 0 Å². The van der Waals surface area contributed by atoms with Gasteiger partial charge in [-0.05, 0) is 33.7 Å². The Hall–Kier alpha value is -2.66. The van der Waals surface area contributed by atoms with Crippen LogP contribution in [-0.4, -0.2) is 19.4 Å². The average molecular weight is 340 g/mol. The molecule has 0 bridgehead atoms. The van der Waals surface area contributed by atoms with Gasteiger partial charge in [-0.2, -0.15) is 0 Å². The highest BCUT2D eigenvalue weighted by Crippen LogP contribution is 2.37. The van der Waals surface area contributed by atoms with E-state index in [-0.39, 0.29) is 7.05 Å². The maximum atomic E-state index is 9.56. The minimum atomic E-state index is -0.357. The van der Waals surface area contributed by atoms with Gasteiger partial charge in [0.1, 0.15) is 5.69 Å². The van der Waals surface area contributed by atoms with E-state index in [0.717, 1.165) is 12.0 Å². The third kappa shape index (κ3) is 2.07. The third-order valence-corrected chi connectivity index (χ3v) is 5.74. The minimum absolute atomic E-state index is 0.357. The Bertz CT molecular complexity index is 1090. The first-order chi connectivity index (χ1) is 12.7. The number of nitrogens with zero attached hydrogens (tertiary/aromatic N) is 1. The molecule has 0 saturated heterocycles. The lowest BCUT2D eigenvalue weighted by Gasteiger charge is -2.45. The normalized spacial score (nSPS) is 18.8. The van der Waals surface area contributed by atoms with Crippen LogP contribution < -0.4 is 9.86 Å². The number of quaternary nitrogens is 1. The van der Waals surface area contributed by atoms with Crippen molar-refractivity contribution < 1.29 is 10.1 Å². The highest BCUT2D eigenvalue weighted by molar-refractivity contribution is 6.75. The lowest BCUT2D eigenvalue weighted by Crippen LogP contribution is -2.73. The van der Waals surface area contributed by atoms with Gasteiger partial charge < -0.3 is 4.39 Å². The molecule has 1 aliphatic heterocycles. The second-order valence-corrected chi connectivity index (χ2v) is 7.24. The van der Waals surface area contributed by atoms with Crippen molar-refractivity contribution in [2.24, 2.45) is 0 Å². The molecule has 26 heavy (non-hydrogen) atoms. The Morgan fingerprint density at radius 3 is 2.08 bits per heavy atom. The molecule has 1 N–H and O–H groups in total. The lowest BCUT2D eigenvalue weighted by atomic mass is 9.58. The standard InChI is InChI=1S/C22H18BNO2/c1-24(22-13-7-6-12-21(22)23(24)26-25)15-20-18-10-4-2-8-16(18)14-17-9-3-5-11-19(17)20/h2-14H,15H2,1H3/p+1. The smallest absolute Gasteiger partial charge is 0.326 e. The van der Waals surface area contributed by atoms with Crippen LogP contribution in [0.5, 0.6) is 0 Å². The van der Waals surface area contributed by atoms with Crippen LogP contribution in [0.15, 0.2) is 78.9 Å². The first-order valence-electron chi connectivity index (χ1n) is 8.87. The Labute approximate surface area is 152 Å². The van der Waals surface area contributed by atoms with Crippen molar-refractivity contribution in [3.63, 3.8) is 0 Å². The van der Waals surface area contributed by atoms with Crippen molar-refractivity contribution in [3.8, 4) is 0 Å². The van der Waals surface area contributed by atoms with Crippen molar-refractivity contribution in [2.75, 3.05) is 7.05 Å². The number of para-hydroxylation sites is 1. The molecule has 0 radical (unpaired) electrons. The molecule has 0 spiro atoms. The SMILES string of the molecule is C[N+]1(Cc2c3ccccc3cc3ccccc23)B(OO)c2ccccc21. The van der Waals surface area contributed by atoms with Gasteiger partial charge in [0.15, 0.2) is 0 Å². The summed E-state index contributed by atoms with van der Waals surface area (Å²) in [6.45, 7) is 0.754. The highest BCUT2D eigenvalue weighted by Gasteiger charge is 2.58. The highest BCUT2D eigenvalue weighted by atomic mass is 17.1. The van der Waals surface area contributed by atoms with Gasteiger partial charge in [0.25, 0.3) is 0 Å². The van der Waals surface area contributed by atoms with Crippen LogP contribution in [0.4, 0.5) is 5.69 Å². The van der Waals surface area contributed by atoms with E-state index in [1.54, 1.807) is 0 Å². The Kier molecular flexibility index (Phi) is 3.40. The summed E-state index contributed by atoms with van der Waals surface area (Å²) in [4.78, 5) is 4.90. The molecule has 0 fully saturated rings. The van der Waals surface area contributed by atoms with E-state index >= 15 is 0 Å². The zero-order valence-electron chi connectivity index (χ0n) is 14.6. The van der Waals surface area contributed by atoms with Crippen molar-refractivity contribution in [3.05, 3.63) is 84.4 Å². The van der Waals surface area contributed by atoms with Crippen LogP contribution in [0.2, 0.25) is 0 Å². The fourth-order valence-corrected chi connectivity index (χ4v) is 4.46. The molecular weight excluding hydrogens is 321 g/mol. The predicted molar refractivity (Wildman–Crippen MR) is 108 cm³/mol. The first-order valence-corrected chi connectivity index (χ1v) is 8.87. The molecule has 1 aliphatic rings. The van der Waals surface area contributed by atoms with Gasteiger partial charge in [0.05, 0.1) is 19.1 Å². The zero-order valence-corrected chi connectivity index (χ0v) is 14.6. The van der Waals surface area contributed by atoms with Crippen LogP contribution in [0.1, 0.15) is 5.56 Å². The quantitative estimate of drug-likeness (QED) is 0.260. The molecule has 4 aromatic carbocycles. The Morgan fingerprint density at radius 2 is 1.42 bits per heavy atom. The molecule has 0 saturated carbocycles. The van der Waals surface area contributed by atoms with Crippen LogP contribution >= 0.6 is 0 Å². The van der Waals surface area contributed by atoms with Crippen LogP contribution in [0, 0.1) is 0 Å². The fraction of sp³-hybridized carbons (Fsp3) is 0.0909. The molecule has 0 amide bonds. The van der Waals surface area contributed by atoms with E-state index in [9.17, 15) is 5.26 Å². The number of benzene rings is 4. The Morgan fingerprint density at radius 1 is 0.846 bits per heavy atom. The molecule has 4 heteroatoms. The van der Waals surface area contributed by atoms with E-state index in [2.05, 4.69) is 67.7 Å². The molecule has 0 aliphatic carbocycles. The van der Waals surface area contributed by atoms with Crippen LogP contribution in [0.3, 0.4) is 0 Å². The number of hydrogen-bond donors (Lipinski definition) is 1. The summed E-state index contributed by atoms with van der Waals surface area (Å²) in [5.74, 6) is 0.